The molecule has 0 aliphatic carbocycles. The lowest BCUT2D eigenvalue weighted by Crippen LogP contribution is -2.40. The number of allylic oxidation sites excluding steroid dienone is 1. The number of carbonyl (C=O) groups excluding carboxylic acids is 1. The number of halogens is 4. The molecule has 1 atom stereocenters. The summed E-state index contributed by atoms with van der Waals surface area (Å²) >= 11 is 20.8. The minimum absolute atomic E-state index is 0.0836. The molecule has 0 unspecified atom stereocenters. The van der Waals surface area contributed by atoms with Gasteiger partial charge in [0.25, 0.3) is 5.56 Å². The van der Waals surface area contributed by atoms with Crippen molar-refractivity contribution in [1.29, 1.82) is 0 Å². The number of carbonyl (C=O) groups is 1. The molecule has 0 bridgehead atoms. The van der Waals surface area contributed by atoms with Crippen molar-refractivity contribution in [3.8, 4) is 17.2 Å². The summed E-state index contributed by atoms with van der Waals surface area (Å²) in [5.74, 6) is 0.972. The van der Waals surface area contributed by atoms with E-state index in [9.17, 15) is 9.59 Å². The van der Waals surface area contributed by atoms with Crippen molar-refractivity contribution < 1.29 is 23.7 Å². The summed E-state index contributed by atoms with van der Waals surface area (Å²) in [6.45, 7) is 7.64. The normalized spacial score (nSPS) is 14.6. The predicted molar refractivity (Wildman–Crippen MR) is 192 cm³/mol. The molecule has 1 aromatic heterocycles. The highest BCUT2D eigenvalue weighted by atomic mass is 79.9. The van der Waals surface area contributed by atoms with Gasteiger partial charge < -0.3 is 18.9 Å². The van der Waals surface area contributed by atoms with Gasteiger partial charge in [-0.05, 0) is 91.7 Å². The molecule has 0 fully saturated rings. The van der Waals surface area contributed by atoms with E-state index in [2.05, 4.69) is 36.9 Å². The van der Waals surface area contributed by atoms with E-state index >= 15 is 0 Å². The predicted octanol–water partition coefficient (Wildman–Crippen LogP) is 8.00. The Morgan fingerprint density at radius 1 is 1.11 bits per heavy atom. The number of hydrogen-bond donors (Lipinski definition) is 0. The molecule has 0 spiro atoms. The molecule has 47 heavy (non-hydrogen) atoms. The van der Waals surface area contributed by atoms with Gasteiger partial charge in [-0.25, -0.2) is 9.79 Å². The van der Waals surface area contributed by atoms with E-state index in [1.54, 1.807) is 57.4 Å². The Morgan fingerprint density at radius 3 is 2.55 bits per heavy atom. The molecule has 13 heteroatoms. The van der Waals surface area contributed by atoms with Crippen LogP contribution >= 0.6 is 66.4 Å². The zero-order chi connectivity index (χ0) is 34.0. The number of nitrogens with zero attached hydrogens (tertiary/aromatic N) is 2. The van der Waals surface area contributed by atoms with Crippen LogP contribution in [0.25, 0.3) is 6.08 Å². The summed E-state index contributed by atoms with van der Waals surface area (Å²) in [5.41, 5.74) is 2.40. The third kappa shape index (κ3) is 7.65. The number of fused-ring (bicyclic) bond motifs is 1. The molecule has 2 heterocycles. The van der Waals surface area contributed by atoms with Crippen molar-refractivity contribution >= 4 is 78.4 Å². The van der Waals surface area contributed by atoms with Crippen LogP contribution in [0.5, 0.6) is 17.2 Å². The fraction of sp³-hybridized carbons (Fsp3) is 0.265. The molecule has 0 amide bonds. The van der Waals surface area contributed by atoms with Gasteiger partial charge in [0.1, 0.15) is 12.4 Å². The average Bonchev–Trinajstić information content (AvgIpc) is 3.30. The average molecular weight is 825 g/mol. The van der Waals surface area contributed by atoms with E-state index in [1.165, 1.54) is 15.9 Å². The van der Waals surface area contributed by atoms with Crippen LogP contribution in [0.3, 0.4) is 0 Å². The summed E-state index contributed by atoms with van der Waals surface area (Å²) in [6.07, 6.45) is 1.67. The first-order valence-corrected chi connectivity index (χ1v) is 17.7. The number of benzene rings is 3. The molecule has 5 rings (SSSR count). The second-order valence-corrected chi connectivity index (χ2v) is 14.3. The summed E-state index contributed by atoms with van der Waals surface area (Å²) in [7, 11) is 1.54. The number of ether oxygens (including phenoxy) is 4. The van der Waals surface area contributed by atoms with Crippen LogP contribution in [0.1, 0.15) is 50.4 Å². The van der Waals surface area contributed by atoms with Crippen LogP contribution in [0.4, 0.5) is 0 Å². The van der Waals surface area contributed by atoms with Gasteiger partial charge in [-0.15, -0.1) is 0 Å². The highest BCUT2D eigenvalue weighted by Crippen LogP contribution is 2.37. The molecule has 0 saturated carbocycles. The zero-order valence-corrected chi connectivity index (χ0v) is 31.5. The molecule has 4 aromatic rings. The van der Waals surface area contributed by atoms with E-state index in [1.807, 2.05) is 32.0 Å². The quantitative estimate of drug-likeness (QED) is 0.151. The van der Waals surface area contributed by atoms with Crippen molar-refractivity contribution in [1.82, 2.24) is 4.57 Å². The second kappa shape index (κ2) is 15.0. The van der Waals surface area contributed by atoms with E-state index < -0.39 is 12.0 Å². The topological polar surface area (TPSA) is 88.4 Å². The number of thiazole rings is 1. The molecule has 246 valence electrons. The molecule has 0 radical (unpaired) electrons. The lowest BCUT2D eigenvalue weighted by atomic mass is 9.95. The Labute approximate surface area is 302 Å². The SMILES string of the molecule is CCOC(=O)C1=C(C)N=c2s/c(=C/c3cc(Br)cc(Br)c3OCc3ccc(Cl)cc3Cl)c(=O)n2[C@@H]1c1ccc(OC(C)C)c(OC)c1. The van der Waals surface area contributed by atoms with Crippen molar-refractivity contribution in [2.45, 2.75) is 46.4 Å². The van der Waals surface area contributed by atoms with E-state index in [4.69, 9.17) is 42.1 Å². The van der Waals surface area contributed by atoms with Crippen LogP contribution in [0.15, 0.2) is 78.5 Å². The minimum Gasteiger partial charge on any atom is -0.493 e. The molecule has 3 aromatic carbocycles. The molecular weight excluding hydrogens is 795 g/mol. The minimum atomic E-state index is -0.827. The highest BCUT2D eigenvalue weighted by Gasteiger charge is 2.34. The summed E-state index contributed by atoms with van der Waals surface area (Å²) in [5, 5.41) is 1.01. The van der Waals surface area contributed by atoms with Crippen molar-refractivity contribution in [3.63, 3.8) is 0 Å². The summed E-state index contributed by atoms with van der Waals surface area (Å²) in [6, 6.07) is 13.5. The zero-order valence-electron chi connectivity index (χ0n) is 26.0. The molecule has 1 aliphatic rings. The Balaban J connectivity index is 1.66. The largest absolute Gasteiger partial charge is 0.493 e. The van der Waals surface area contributed by atoms with Crippen molar-refractivity contribution in [2.24, 2.45) is 4.99 Å². The number of esters is 1. The maximum Gasteiger partial charge on any atom is 0.338 e. The van der Waals surface area contributed by atoms with Gasteiger partial charge in [-0.3, -0.25) is 9.36 Å². The van der Waals surface area contributed by atoms with Gasteiger partial charge in [0, 0.05) is 25.6 Å². The van der Waals surface area contributed by atoms with Crippen LogP contribution in [0.2, 0.25) is 10.0 Å². The number of methoxy groups -OCH3 is 1. The van der Waals surface area contributed by atoms with Crippen molar-refractivity contribution in [2.75, 3.05) is 13.7 Å². The van der Waals surface area contributed by atoms with Crippen molar-refractivity contribution in [3.05, 3.63) is 115 Å². The molecular formula is C34H30Br2Cl2N2O6S. The molecule has 0 saturated heterocycles. The molecule has 8 nitrogen and oxygen atoms in total. The van der Waals surface area contributed by atoms with Gasteiger partial charge in [0.15, 0.2) is 16.3 Å². The first kappa shape index (κ1) is 35.2. The maximum atomic E-state index is 14.3. The first-order valence-electron chi connectivity index (χ1n) is 14.5. The number of rotatable bonds is 10. The van der Waals surface area contributed by atoms with Crippen LogP contribution in [0, 0.1) is 0 Å². The van der Waals surface area contributed by atoms with Crippen LogP contribution < -0.4 is 29.1 Å². The Morgan fingerprint density at radius 2 is 1.87 bits per heavy atom. The monoisotopic (exact) mass is 822 g/mol. The van der Waals surface area contributed by atoms with Gasteiger partial charge in [-0.1, -0.05) is 62.6 Å². The van der Waals surface area contributed by atoms with E-state index in [0.29, 0.717) is 57.9 Å². The smallest absolute Gasteiger partial charge is 0.338 e. The summed E-state index contributed by atoms with van der Waals surface area (Å²) < 4.78 is 26.6. The van der Waals surface area contributed by atoms with Crippen LogP contribution in [-0.2, 0) is 16.1 Å². The van der Waals surface area contributed by atoms with Crippen LogP contribution in [-0.4, -0.2) is 30.4 Å². The third-order valence-electron chi connectivity index (χ3n) is 7.09. The Kier molecular flexibility index (Phi) is 11.2. The molecule has 1 aliphatic heterocycles. The van der Waals surface area contributed by atoms with Gasteiger partial charge in [0.05, 0.1) is 46.1 Å². The second-order valence-electron chi connectivity index (χ2n) is 10.7. The van der Waals surface area contributed by atoms with E-state index in [0.717, 1.165) is 10.0 Å². The Hall–Kier alpha value is -3.09. The van der Waals surface area contributed by atoms with Gasteiger partial charge in [-0.2, -0.15) is 0 Å². The maximum absolute atomic E-state index is 14.3. The molecule has 0 N–H and O–H groups in total. The van der Waals surface area contributed by atoms with Gasteiger partial charge >= 0.3 is 5.97 Å². The van der Waals surface area contributed by atoms with E-state index in [-0.39, 0.29) is 30.5 Å². The number of aromatic nitrogens is 1. The Bertz CT molecular complexity index is 2080. The summed E-state index contributed by atoms with van der Waals surface area (Å²) in [4.78, 5) is 32.8. The first-order chi connectivity index (χ1) is 22.4. The highest BCUT2D eigenvalue weighted by molar-refractivity contribution is 9.11. The van der Waals surface area contributed by atoms with Gasteiger partial charge in [0.2, 0.25) is 0 Å². The standard InChI is InChI=1S/C34H30Br2Cl2N2O6S/c1-6-44-33(42)29-18(4)39-34-40(30(29)19-8-10-26(46-17(2)3)27(12-19)43-5)32(41)28(47-34)13-21-11-22(35)14-24(36)31(21)45-16-20-7-9-23(37)15-25(20)38/h7-15,17,30H,6,16H2,1-5H3/b28-13+/t30-/m1/s1. The fourth-order valence-electron chi connectivity index (χ4n) is 5.08. The lowest BCUT2D eigenvalue weighted by Gasteiger charge is -2.25. The lowest BCUT2D eigenvalue weighted by molar-refractivity contribution is -0.139. The number of hydrogen-bond acceptors (Lipinski definition) is 8. The third-order valence-corrected chi connectivity index (χ3v) is 9.71. The fourth-order valence-corrected chi connectivity index (χ4v) is 7.96.